The summed E-state index contributed by atoms with van der Waals surface area (Å²) in [5.74, 6) is -0.103. The Balaban J connectivity index is 1.76. The zero-order valence-corrected chi connectivity index (χ0v) is 17.2. The van der Waals surface area contributed by atoms with Crippen LogP contribution in [0.3, 0.4) is 0 Å². The van der Waals surface area contributed by atoms with E-state index in [0.29, 0.717) is 10.7 Å². The molecule has 3 rings (SSSR count). The normalized spacial score (nSPS) is 11.9. The van der Waals surface area contributed by atoms with Crippen molar-refractivity contribution in [3.8, 4) is 5.69 Å². The predicted octanol–water partition coefficient (Wildman–Crippen LogP) is 4.28. The molecule has 0 radical (unpaired) electrons. The molecule has 1 N–H and O–H groups in total. The number of hydrogen-bond acceptors (Lipinski definition) is 4. The van der Waals surface area contributed by atoms with E-state index in [-0.39, 0.29) is 16.7 Å². The maximum atomic E-state index is 12.6. The summed E-state index contributed by atoms with van der Waals surface area (Å²) in [6.07, 6.45) is 0. The van der Waals surface area contributed by atoms with Crippen molar-refractivity contribution < 1.29 is 4.79 Å². The lowest BCUT2D eigenvalue weighted by atomic mass is 10.1. The highest BCUT2D eigenvalue weighted by molar-refractivity contribution is 8.00. The van der Waals surface area contributed by atoms with Gasteiger partial charge in [0, 0.05) is 11.8 Å². The predicted molar refractivity (Wildman–Crippen MR) is 114 cm³/mol. The molecule has 5 nitrogen and oxygen atoms in total. The molecule has 0 aliphatic rings. The SMILES string of the molecule is Cc1ccc(-n2nc(SC(C)C(=O)Nc3cc(C)ccc3C)ccc2=O)cc1. The van der Waals surface area contributed by atoms with Crippen LogP contribution in [-0.2, 0) is 4.79 Å². The molecule has 0 saturated heterocycles. The van der Waals surface area contributed by atoms with Crippen LogP contribution in [0.2, 0.25) is 0 Å². The highest BCUT2D eigenvalue weighted by Crippen LogP contribution is 2.23. The van der Waals surface area contributed by atoms with Crippen LogP contribution in [0.5, 0.6) is 0 Å². The Morgan fingerprint density at radius 3 is 2.39 bits per heavy atom. The highest BCUT2D eigenvalue weighted by atomic mass is 32.2. The number of nitrogens with zero attached hydrogens (tertiary/aromatic N) is 2. The van der Waals surface area contributed by atoms with Gasteiger partial charge in [0.1, 0.15) is 5.03 Å². The molecule has 1 heterocycles. The summed E-state index contributed by atoms with van der Waals surface area (Å²) in [4.78, 5) is 24.8. The Morgan fingerprint density at radius 1 is 1.00 bits per heavy atom. The molecule has 1 amide bonds. The lowest BCUT2D eigenvalue weighted by Gasteiger charge is -2.14. The van der Waals surface area contributed by atoms with Crippen molar-refractivity contribution in [1.82, 2.24) is 9.78 Å². The van der Waals surface area contributed by atoms with Gasteiger partial charge < -0.3 is 5.32 Å². The van der Waals surface area contributed by atoms with Gasteiger partial charge in [-0.2, -0.15) is 9.78 Å². The van der Waals surface area contributed by atoms with Gasteiger partial charge in [0.05, 0.1) is 10.9 Å². The number of hydrogen-bond donors (Lipinski definition) is 1. The molecule has 1 unspecified atom stereocenters. The standard InChI is InChI=1S/C22H23N3O2S/c1-14-6-9-18(10-7-14)25-21(26)12-11-20(24-25)28-17(4)22(27)23-19-13-15(2)5-8-16(19)3/h5-13,17H,1-4H3,(H,23,27). The molecule has 1 atom stereocenters. The summed E-state index contributed by atoms with van der Waals surface area (Å²) >= 11 is 1.32. The van der Waals surface area contributed by atoms with Crippen molar-refractivity contribution in [2.24, 2.45) is 0 Å². The molecule has 0 aliphatic carbocycles. The minimum atomic E-state index is -0.364. The fourth-order valence-corrected chi connectivity index (χ4v) is 3.47. The first-order valence-corrected chi connectivity index (χ1v) is 9.93. The molecule has 0 fully saturated rings. The number of benzene rings is 2. The quantitative estimate of drug-likeness (QED) is 0.657. The van der Waals surface area contributed by atoms with Crippen molar-refractivity contribution in [2.75, 3.05) is 5.32 Å². The van der Waals surface area contributed by atoms with Gasteiger partial charge in [-0.15, -0.1) is 0 Å². The summed E-state index contributed by atoms with van der Waals surface area (Å²) in [6, 6.07) is 16.7. The van der Waals surface area contributed by atoms with Crippen LogP contribution in [0, 0.1) is 20.8 Å². The maximum Gasteiger partial charge on any atom is 0.271 e. The molecule has 0 spiro atoms. The summed E-state index contributed by atoms with van der Waals surface area (Å²) in [5, 5.41) is 7.65. The van der Waals surface area contributed by atoms with Crippen LogP contribution in [0.25, 0.3) is 5.69 Å². The Kier molecular flexibility index (Phi) is 5.99. The van der Waals surface area contributed by atoms with Gasteiger partial charge in [-0.3, -0.25) is 9.59 Å². The molecule has 3 aromatic rings. The Hall–Kier alpha value is -2.86. The second-order valence-electron chi connectivity index (χ2n) is 6.82. The van der Waals surface area contributed by atoms with E-state index in [1.807, 2.05) is 70.2 Å². The zero-order valence-electron chi connectivity index (χ0n) is 16.4. The van der Waals surface area contributed by atoms with Gasteiger partial charge in [0.2, 0.25) is 5.91 Å². The topological polar surface area (TPSA) is 64.0 Å². The van der Waals surface area contributed by atoms with Crippen LogP contribution in [0.1, 0.15) is 23.6 Å². The van der Waals surface area contributed by atoms with Crippen molar-refractivity contribution in [1.29, 1.82) is 0 Å². The molecular formula is C22H23N3O2S. The molecule has 0 aliphatic heterocycles. The van der Waals surface area contributed by atoms with E-state index >= 15 is 0 Å². The van der Waals surface area contributed by atoms with E-state index in [1.165, 1.54) is 22.5 Å². The zero-order chi connectivity index (χ0) is 20.3. The third-order valence-corrected chi connectivity index (χ3v) is 5.40. The van der Waals surface area contributed by atoms with Crippen LogP contribution >= 0.6 is 11.8 Å². The third-order valence-electron chi connectivity index (χ3n) is 4.37. The van der Waals surface area contributed by atoms with Crippen LogP contribution in [-0.4, -0.2) is 20.9 Å². The number of anilines is 1. The van der Waals surface area contributed by atoms with Gasteiger partial charge >= 0.3 is 0 Å². The average Bonchev–Trinajstić information content (AvgIpc) is 2.67. The fourth-order valence-electron chi connectivity index (χ4n) is 2.67. The minimum absolute atomic E-state index is 0.103. The fraction of sp³-hybridized carbons (Fsp3) is 0.227. The van der Waals surface area contributed by atoms with E-state index in [4.69, 9.17) is 0 Å². The lowest BCUT2D eigenvalue weighted by molar-refractivity contribution is -0.115. The molecule has 144 valence electrons. The van der Waals surface area contributed by atoms with E-state index in [9.17, 15) is 9.59 Å². The maximum absolute atomic E-state index is 12.6. The number of aryl methyl sites for hydroxylation is 3. The number of amides is 1. The molecule has 2 aromatic carbocycles. The molecule has 0 saturated carbocycles. The first-order chi connectivity index (χ1) is 13.3. The van der Waals surface area contributed by atoms with Crippen LogP contribution in [0.15, 0.2) is 64.4 Å². The molecule has 6 heteroatoms. The van der Waals surface area contributed by atoms with Crippen LogP contribution < -0.4 is 10.9 Å². The largest absolute Gasteiger partial charge is 0.325 e. The lowest BCUT2D eigenvalue weighted by Crippen LogP contribution is -2.24. The minimum Gasteiger partial charge on any atom is -0.325 e. The van der Waals surface area contributed by atoms with Gasteiger partial charge in [0.15, 0.2) is 0 Å². The van der Waals surface area contributed by atoms with Crippen molar-refractivity contribution in [3.63, 3.8) is 0 Å². The number of carbonyl (C=O) groups is 1. The van der Waals surface area contributed by atoms with Gasteiger partial charge in [-0.25, -0.2) is 0 Å². The second-order valence-corrected chi connectivity index (χ2v) is 8.19. The van der Waals surface area contributed by atoms with E-state index in [1.54, 1.807) is 6.07 Å². The number of carbonyl (C=O) groups excluding carboxylic acids is 1. The monoisotopic (exact) mass is 393 g/mol. The smallest absolute Gasteiger partial charge is 0.271 e. The van der Waals surface area contributed by atoms with Gasteiger partial charge in [0.25, 0.3) is 5.56 Å². The van der Waals surface area contributed by atoms with E-state index in [0.717, 1.165) is 22.4 Å². The Labute approximate surface area is 168 Å². The number of nitrogens with one attached hydrogen (secondary N) is 1. The molecule has 28 heavy (non-hydrogen) atoms. The number of thioether (sulfide) groups is 1. The summed E-state index contributed by atoms with van der Waals surface area (Å²) < 4.78 is 1.36. The van der Waals surface area contributed by atoms with Crippen molar-refractivity contribution in [3.05, 3.63) is 81.6 Å². The van der Waals surface area contributed by atoms with Gasteiger partial charge in [-0.05, 0) is 63.1 Å². The van der Waals surface area contributed by atoms with Crippen molar-refractivity contribution >= 4 is 23.4 Å². The number of rotatable bonds is 5. The summed E-state index contributed by atoms with van der Waals surface area (Å²) in [5.41, 5.74) is 4.52. The van der Waals surface area contributed by atoms with Crippen molar-refractivity contribution in [2.45, 2.75) is 38.0 Å². The number of aromatic nitrogens is 2. The first-order valence-electron chi connectivity index (χ1n) is 9.06. The average molecular weight is 394 g/mol. The molecular weight excluding hydrogens is 370 g/mol. The van der Waals surface area contributed by atoms with E-state index < -0.39 is 0 Å². The summed E-state index contributed by atoms with van der Waals surface area (Å²) in [6.45, 7) is 7.77. The van der Waals surface area contributed by atoms with Crippen LogP contribution in [0.4, 0.5) is 5.69 Å². The Morgan fingerprint density at radius 2 is 1.68 bits per heavy atom. The first kappa shape index (κ1) is 19.9. The summed E-state index contributed by atoms with van der Waals surface area (Å²) in [7, 11) is 0. The highest BCUT2D eigenvalue weighted by Gasteiger charge is 2.17. The van der Waals surface area contributed by atoms with Gasteiger partial charge in [-0.1, -0.05) is 41.6 Å². The molecule has 0 bridgehead atoms. The third kappa shape index (κ3) is 4.70. The second kappa shape index (κ2) is 8.44. The van der Waals surface area contributed by atoms with E-state index in [2.05, 4.69) is 10.4 Å². The molecule has 1 aromatic heterocycles. The Bertz CT molecular complexity index is 1060.